The molecule has 1 rings (SSSR count). The monoisotopic (exact) mass is 223 g/mol. The van der Waals surface area contributed by atoms with Crippen LogP contribution in [0.15, 0.2) is 22.1 Å². The zero-order valence-electron chi connectivity index (χ0n) is 8.12. The van der Waals surface area contributed by atoms with Crippen LogP contribution in [0.25, 0.3) is 10.4 Å². The molecule has 0 amide bonds. The van der Waals surface area contributed by atoms with E-state index in [1.807, 2.05) is 0 Å². The van der Waals surface area contributed by atoms with Crippen LogP contribution in [0.4, 0.5) is 0 Å². The van der Waals surface area contributed by atoms with Crippen molar-refractivity contribution in [3.8, 4) is 0 Å². The van der Waals surface area contributed by atoms with Crippen LogP contribution in [-0.2, 0) is 6.54 Å². The van der Waals surface area contributed by atoms with Gasteiger partial charge in [0.05, 0.1) is 6.54 Å². The van der Waals surface area contributed by atoms with Gasteiger partial charge in [-0.05, 0) is 35.1 Å². The lowest BCUT2D eigenvalue weighted by Gasteiger charge is -2.09. The van der Waals surface area contributed by atoms with E-state index in [0.29, 0.717) is 21.5 Å². The van der Waals surface area contributed by atoms with E-state index in [2.05, 4.69) is 22.7 Å². The predicted octanol–water partition coefficient (Wildman–Crippen LogP) is 0.774. The molecule has 0 saturated carbocycles. The summed E-state index contributed by atoms with van der Waals surface area (Å²) in [5, 5.41) is 21.6. The molecule has 7 heteroatoms. The van der Waals surface area contributed by atoms with E-state index in [1.54, 1.807) is 19.1 Å². The van der Waals surface area contributed by atoms with Gasteiger partial charge < -0.3 is 10.0 Å². The highest BCUT2D eigenvalue weighted by Crippen LogP contribution is 2.14. The molecule has 0 aliphatic carbocycles. The van der Waals surface area contributed by atoms with Crippen molar-refractivity contribution in [1.82, 2.24) is 0 Å². The Balaban J connectivity index is 3.16. The smallest absolute Gasteiger partial charge is 0.423 e. The Kier molecular flexibility index (Phi) is 4.05. The van der Waals surface area contributed by atoms with Gasteiger partial charge >= 0.3 is 7.12 Å². The molecule has 0 spiro atoms. The zero-order valence-corrected chi connectivity index (χ0v) is 9.02. The number of hydrogen-bond donors (Lipinski definition) is 3. The summed E-state index contributed by atoms with van der Waals surface area (Å²) in [6, 6.07) is 3.33. The molecule has 15 heavy (non-hydrogen) atoms. The first-order valence-corrected chi connectivity index (χ1v) is 4.70. The molecule has 0 aliphatic rings. The SMILES string of the molecule is Cc1c(S)cc(CN=[N+]=[N-])cc1B(O)O. The summed E-state index contributed by atoms with van der Waals surface area (Å²) in [6.45, 7) is 1.92. The average molecular weight is 223 g/mol. The van der Waals surface area contributed by atoms with Crippen LogP contribution in [0, 0.1) is 6.92 Å². The minimum Gasteiger partial charge on any atom is -0.423 e. The molecule has 5 nitrogen and oxygen atoms in total. The first kappa shape index (κ1) is 11.9. The Morgan fingerprint density at radius 1 is 1.53 bits per heavy atom. The third-order valence-electron chi connectivity index (χ3n) is 2.07. The summed E-state index contributed by atoms with van der Waals surface area (Å²) in [5.74, 6) is 0. The van der Waals surface area contributed by atoms with Crippen molar-refractivity contribution in [3.05, 3.63) is 33.7 Å². The number of azide groups is 1. The van der Waals surface area contributed by atoms with Crippen molar-refractivity contribution in [2.45, 2.75) is 18.4 Å². The normalized spacial score (nSPS) is 9.60. The van der Waals surface area contributed by atoms with Crippen molar-refractivity contribution < 1.29 is 10.0 Å². The molecule has 1 aromatic rings. The molecule has 1 aromatic carbocycles. The Morgan fingerprint density at radius 3 is 2.73 bits per heavy atom. The van der Waals surface area contributed by atoms with E-state index in [9.17, 15) is 0 Å². The van der Waals surface area contributed by atoms with E-state index in [-0.39, 0.29) is 6.54 Å². The highest BCUT2D eigenvalue weighted by molar-refractivity contribution is 7.80. The molecular weight excluding hydrogens is 213 g/mol. The van der Waals surface area contributed by atoms with Crippen LogP contribution < -0.4 is 5.46 Å². The molecule has 0 radical (unpaired) electrons. The number of thiol groups is 1. The molecule has 0 fully saturated rings. The summed E-state index contributed by atoms with van der Waals surface area (Å²) in [4.78, 5) is 3.27. The maximum atomic E-state index is 9.10. The van der Waals surface area contributed by atoms with Gasteiger partial charge in [0.1, 0.15) is 0 Å². The lowest BCUT2D eigenvalue weighted by Crippen LogP contribution is -2.32. The molecule has 0 heterocycles. The van der Waals surface area contributed by atoms with Gasteiger partial charge in [-0.1, -0.05) is 11.2 Å². The van der Waals surface area contributed by atoms with Gasteiger partial charge in [-0.15, -0.1) is 12.6 Å². The van der Waals surface area contributed by atoms with Crippen LogP contribution in [0.5, 0.6) is 0 Å². The summed E-state index contributed by atoms with van der Waals surface area (Å²) in [5.41, 5.74) is 9.96. The van der Waals surface area contributed by atoms with E-state index < -0.39 is 7.12 Å². The van der Waals surface area contributed by atoms with Crippen molar-refractivity contribution in [3.63, 3.8) is 0 Å². The summed E-state index contributed by atoms with van der Waals surface area (Å²) >= 11 is 4.20. The molecule has 78 valence electrons. The number of benzene rings is 1. The minimum atomic E-state index is -1.54. The van der Waals surface area contributed by atoms with Crippen LogP contribution >= 0.6 is 12.6 Å². The van der Waals surface area contributed by atoms with Gasteiger partial charge in [-0.2, -0.15) is 0 Å². The van der Waals surface area contributed by atoms with E-state index in [0.717, 1.165) is 0 Å². The van der Waals surface area contributed by atoms with Crippen LogP contribution in [0.2, 0.25) is 0 Å². The third-order valence-corrected chi connectivity index (χ3v) is 2.54. The fourth-order valence-corrected chi connectivity index (χ4v) is 1.55. The average Bonchev–Trinajstić information content (AvgIpc) is 2.19. The Hall–Kier alpha value is -1.14. The van der Waals surface area contributed by atoms with Crippen LogP contribution in [-0.4, -0.2) is 17.2 Å². The van der Waals surface area contributed by atoms with Gasteiger partial charge in [0.25, 0.3) is 0 Å². The molecule has 0 unspecified atom stereocenters. The standard InChI is InChI=1S/C8H10BN3O2S/c1-5-7(9(13)14)2-6(3-8(5)15)4-11-12-10/h2-3,13-15H,4H2,1H3. The lowest BCUT2D eigenvalue weighted by atomic mass is 9.76. The molecule has 2 N–H and O–H groups in total. The molecule has 0 atom stereocenters. The van der Waals surface area contributed by atoms with Gasteiger partial charge in [0, 0.05) is 9.81 Å². The highest BCUT2D eigenvalue weighted by atomic mass is 32.1. The number of nitrogens with zero attached hydrogens (tertiary/aromatic N) is 3. The first-order valence-electron chi connectivity index (χ1n) is 4.25. The maximum absolute atomic E-state index is 9.10. The van der Waals surface area contributed by atoms with E-state index in [4.69, 9.17) is 15.6 Å². The van der Waals surface area contributed by atoms with Gasteiger partial charge in [-0.25, -0.2) is 0 Å². The quantitative estimate of drug-likeness (QED) is 0.232. The Morgan fingerprint density at radius 2 is 2.20 bits per heavy atom. The van der Waals surface area contributed by atoms with Gasteiger partial charge in [-0.3, -0.25) is 0 Å². The van der Waals surface area contributed by atoms with E-state index in [1.165, 1.54) is 0 Å². The summed E-state index contributed by atoms with van der Waals surface area (Å²) in [7, 11) is -1.54. The molecule has 0 saturated heterocycles. The fourth-order valence-electron chi connectivity index (χ4n) is 1.25. The molecular formula is C8H10BN3O2S. The minimum absolute atomic E-state index is 0.171. The van der Waals surface area contributed by atoms with Crippen LogP contribution in [0.1, 0.15) is 11.1 Å². The number of rotatable bonds is 3. The summed E-state index contributed by atoms with van der Waals surface area (Å²) in [6.07, 6.45) is 0. The fraction of sp³-hybridized carbons (Fsp3) is 0.250. The highest BCUT2D eigenvalue weighted by Gasteiger charge is 2.16. The second-order valence-corrected chi connectivity index (χ2v) is 3.57. The third kappa shape index (κ3) is 2.90. The molecule has 0 aliphatic heterocycles. The zero-order chi connectivity index (χ0) is 11.4. The van der Waals surface area contributed by atoms with Crippen molar-refractivity contribution in [2.75, 3.05) is 0 Å². The maximum Gasteiger partial charge on any atom is 0.488 e. The Bertz CT molecular complexity index is 419. The second-order valence-electron chi connectivity index (χ2n) is 3.09. The van der Waals surface area contributed by atoms with Crippen molar-refractivity contribution >= 4 is 25.2 Å². The molecule has 0 bridgehead atoms. The predicted molar refractivity (Wildman–Crippen MR) is 61.1 cm³/mol. The molecule has 0 aromatic heterocycles. The number of hydrogen-bond acceptors (Lipinski definition) is 4. The van der Waals surface area contributed by atoms with Gasteiger partial charge in [0.15, 0.2) is 0 Å². The first-order chi connectivity index (χ1) is 7.06. The Labute approximate surface area is 92.9 Å². The summed E-state index contributed by atoms with van der Waals surface area (Å²) < 4.78 is 0. The van der Waals surface area contributed by atoms with E-state index >= 15 is 0 Å². The topological polar surface area (TPSA) is 89.2 Å². The van der Waals surface area contributed by atoms with Crippen molar-refractivity contribution in [1.29, 1.82) is 0 Å². The lowest BCUT2D eigenvalue weighted by molar-refractivity contribution is 0.425. The van der Waals surface area contributed by atoms with Gasteiger partial charge in [0.2, 0.25) is 0 Å². The van der Waals surface area contributed by atoms with Crippen LogP contribution in [0.3, 0.4) is 0 Å². The van der Waals surface area contributed by atoms with Crippen molar-refractivity contribution in [2.24, 2.45) is 5.11 Å². The largest absolute Gasteiger partial charge is 0.488 e. The second kappa shape index (κ2) is 5.09.